The molecule has 1 aromatic carbocycles. The van der Waals surface area contributed by atoms with Crippen LogP contribution in [0, 0.1) is 5.41 Å². The van der Waals surface area contributed by atoms with Gasteiger partial charge in [-0.1, -0.05) is 32.9 Å². The van der Waals surface area contributed by atoms with Crippen LogP contribution in [0.25, 0.3) is 22.4 Å². The maximum Gasteiger partial charge on any atom is 0.171 e. The van der Waals surface area contributed by atoms with Gasteiger partial charge in [0.2, 0.25) is 0 Å². The molecule has 3 aromatic rings. The van der Waals surface area contributed by atoms with E-state index in [2.05, 4.69) is 15.3 Å². The fraction of sp³-hybridized carbons (Fsp3) is 0.409. The SMILES string of the molecule is COC(C)(C)CNc1cccc(-c2cnc3[nH]cc(C(=O)C(C)(C)C)c3n2)c1. The van der Waals surface area contributed by atoms with E-state index in [9.17, 15) is 4.79 Å². The van der Waals surface area contributed by atoms with Gasteiger partial charge in [0.05, 0.1) is 23.1 Å². The van der Waals surface area contributed by atoms with E-state index in [4.69, 9.17) is 9.72 Å². The van der Waals surface area contributed by atoms with Crippen LogP contribution in [0.5, 0.6) is 0 Å². The zero-order valence-electron chi connectivity index (χ0n) is 17.4. The second-order valence-corrected chi connectivity index (χ2v) is 8.63. The fourth-order valence-corrected chi connectivity index (χ4v) is 2.78. The van der Waals surface area contributed by atoms with Gasteiger partial charge in [-0.05, 0) is 26.0 Å². The summed E-state index contributed by atoms with van der Waals surface area (Å²) in [5.41, 5.74) is 3.70. The molecular formula is C22H28N4O2. The Morgan fingerprint density at radius 3 is 2.64 bits per heavy atom. The molecule has 2 aromatic heterocycles. The van der Waals surface area contributed by atoms with Crippen LogP contribution in [-0.2, 0) is 4.74 Å². The minimum atomic E-state index is -0.481. The number of carbonyl (C=O) groups excluding carboxylic acids is 1. The lowest BCUT2D eigenvalue weighted by Crippen LogP contribution is -2.32. The Kier molecular flexibility index (Phi) is 5.26. The molecule has 6 heteroatoms. The molecule has 148 valence electrons. The normalized spacial score (nSPS) is 12.4. The van der Waals surface area contributed by atoms with E-state index >= 15 is 0 Å². The minimum Gasteiger partial charge on any atom is -0.382 e. The molecule has 0 aliphatic rings. The number of hydrogen-bond acceptors (Lipinski definition) is 5. The second-order valence-electron chi connectivity index (χ2n) is 8.63. The molecule has 0 unspecified atom stereocenters. The molecule has 28 heavy (non-hydrogen) atoms. The molecule has 0 aliphatic heterocycles. The highest BCUT2D eigenvalue weighted by Crippen LogP contribution is 2.27. The molecule has 0 bridgehead atoms. The van der Waals surface area contributed by atoms with Crippen molar-refractivity contribution in [1.29, 1.82) is 0 Å². The predicted octanol–water partition coefficient (Wildman–Crippen LogP) is 4.69. The predicted molar refractivity (Wildman–Crippen MR) is 113 cm³/mol. The first-order valence-corrected chi connectivity index (χ1v) is 9.39. The van der Waals surface area contributed by atoms with E-state index in [1.165, 1.54) is 0 Å². The van der Waals surface area contributed by atoms with Crippen LogP contribution in [-0.4, -0.2) is 40.0 Å². The summed E-state index contributed by atoms with van der Waals surface area (Å²) in [6.07, 6.45) is 3.43. The molecule has 0 saturated heterocycles. The number of aromatic amines is 1. The first-order chi connectivity index (χ1) is 13.1. The standard InChI is InChI=1S/C22H28N4O2/c1-21(2,3)19(27)16-11-23-20-18(16)26-17(12-24-20)14-8-7-9-15(10-14)25-13-22(4,5)28-6/h7-12,25H,13H2,1-6H3,(H,23,24). The Balaban J connectivity index is 1.94. The van der Waals surface area contributed by atoms with E-state index in [0.29, 0.717) is 23.3 Å². The Bertz CT molecular complexity index is 999. The summed E-state index contributed by atoms with van der Waals surface area (Å²) in [5.74, 6) is 0.0439. The Morgan fingerprint density at radius 1 is 1.21 bits per heavy atom. The Morgan fingerprint density at radius 2 is 1.96 bits per heavy atom. The van der Waals surface area contributed by atoms with Gasteiger partial charge in [0.1, 0.15) is 5.52 Å². The molecule has 0 radical (unpaired) electrons. The molecular weight excluding hydrogens is 352 g/mol. The van der Waals surface area contributed by atoms with Gasteiger partial charge in [-0.3, -0.25) is 4.79 Å². The lowest BCUT2D eigenvalue weighted by molar-refractivity contribution is 0.0344. The third-order valence-electron chi connectivity index (χ3n) is 4.74. The van der Waals surface area contributed by atoms with Crippen molar-refractivity contribution in [2.45, 2.75) is 40.2 Å². The molecule has 2 N–H and O–H groups in total. The van der Waals surface area contributed by atoms with Crippen molar-refractivity contribution < 1.29 is 9.53 Å². The number of ketones is 1. The number of methoxy groups -OCH3 is 1. The third kappa shape index (κ3) is 4.22. The summed E-state index contributed by atoms with van der Waals surface area (Å²) in [6, 6.07) is 7.99. The number of H-pyrrole nitrogens is 1. The first kappa shape index (κ1) is 20.0. The van der Waals surface area contributed by atoms with Crippen molar-refractivity contribution in [3.05, 3.63) is 42.2 Å². The van der Waals surface area contributed by atoms with Crippen LogP contribution in [0.4, 0.5) is 5.69 Å². The van der Waals surface area contributed by atoms with Crippen molar-refractivity contribution in [2.75, 3.05) is 19.0 Å². The average Bonchev–Trinajstić information content (AvgIpc) is 3.08. The molecule has 0 fully saturated rings. The van der Waals surface area contributed by atoms with Crippen LogP contribution in [0.15, 0.2) is 36.7 Å². The summed E-state index contributed by atoms with van der Waals surface area (Å²) in [6.45, 7) is 10.5. The molecule has 0 aliphatic carbocycles. The molecule has 0 amide bonds. The van der Waals surface area contributed by atoms with Crippen LogP contribution >= 0.6 is 0 Å². The number of Topliss-reactive ketones (excluding diaryl/α,β-unsaturated/α-hetero) is 1. The number of ether oxygens (including phenoxy) is 1. The lowest BCUT2D eigenvalue weighted by atomic mass is 9.87. The van der Waals surface area contributed by atoms with Crippen molar-refractivity contribution in [1.82, 2.24) is 15.0 Å². The molecule has 6 nitrogen and oxygen atoms in total. The largest absolute Gasteiger partial charge is 0.382 e. The number of benzene rings is 1. The molecule has 0 saturated carbocycles. The third-order valence-corrected chi connectivity index (χ3v) is 4.74. The van der Waals surface area contributed by atoms with Crippen LogP contribution in [0.1, 0.15) is 45.0 Å². The fourth-order valence-electron chi connectivity index (χ4n) is 2.78. The Hall–Kier alpha value is -2.73. The Labute approximate surface area is 165 Å². The number of carbonyl (C=O) groups is 1. The summed E-state index contributed by atoms with van der Waals surface area (Å²) >= 11 is 0. The van der Waals surface area contributed by atoms with Crippen LogP contribution < -0.4 is 5.32 Å². The smallest absolute Gasteiger partial charge is 0.171 e. The van der Waals surface area contributed by atoms with Gasteiger partial charge in [0.15, 0.2) is 11.4 Å². The van der Waals surface area contributed by atoms with Crippen LogP contribution in [0.2, 0.25) is 0 Å². The van der Waals surface area contributed by atoms with E-state index < -0.39 is 5.41 Å². The molecule has 3 rings (SSSR count). The highest BCUT2D eigenvalue weighted by atomic mass is 16.5. The van der Waals surface area contributed by atoms with Crippen molar-refractivity contribution in [2.24, 2.45) is 5.41 Å². The summed E-state index contributed by atoms with van der Waals surface area (Å²) in [5, 5.41) is 3.39. The maximum atomic E-state index is 12.7. The van der Waals surface area contributed by atoms with Gasteiger partial charge in [-0.2, -0.15) is 0 Å². The van der Waals surface area contributed by atoms with E-state index in [1.54, 1.807) is 19.5 Å². The van der Waals surface area contributed by atoms with Gasteiger partial charge in [0, 0.05) is 36.5 Å². The van der Waals surface area contributed by atoms with E-state index in [-0.39, 0.29) is 11.4 Å². The zero-order chi connectivity index (χ0) is 20.5. The quantitative estimate of drug-likeness (QED) is 0.607. The van der Waals surface area contributed by atoms with Crippen molar-refractivity contribution >= 4 is 22.6 Å². The number of fused-ring (bicyclic) bond motifs is 1. The monoisotopic (exact) mass is 380 g/mol. The van der Waals surface area contributed by atoms with E-state index in [0.717, 1.165) is 16.9 Å². The van der Waals surface area contributed by atoms with E-state index in [1.807, 2.05) is 58.9 Å². The average molecular weight is 380 g/mol. The topological polar surface area (TPSA) is 79.9 Å². The number of nitrogens with one attached hydrogen (secondary N) is 2. The lowest BCUT2D eigenvalue weighted by Gasteiger charge is -2.23. The number of hydrogen-bond donors (Lipinski definition) is 2. The molecule has 0 spiro atoms. The van der Waals surface area contributed by atoms with Gasteiger partial charge < -0.3 is 15.0 Å². The highest BCUT2D eigenvalue weighted by Gasteiger charge is 2.26. The zero-order valence-corrected chi connectivity index (χ0v) is 17.4. The van der Waals surface area contributed by atoms with Gasteiger partial charge in [-0.15, -0.1) is 0 Å². The maximum absolute atomic E-state index is 12.7. The molecule has 0 atom stereocenters. The van der Waals surface area contributed by atoms with Gasteiger partial charge in [-0.25, -0.2) is 9.97 Å². The number of rotatable bonds is 6. The highest BCUT2D eigenvalue weighted by molar-refractivity contribution is 6.08. The van der Waals surface area contributed by atoms with Crippen molar-refractivity contribution in [3.8, 4) is 11.3 Å². The minimum absolute atomic E-state index is 0.0439. The second kappa shape index (κ2) is 7.36. The van der Waals surface area contributed by atoms with Gasteiger partial charge in [0.25, 0.3) is 0 Å². The number of aromatic nitrogens is 3. The summed E-state index contributed by atoms with van der Waals surface area (Å²) < 4.78 is 5.46. The number of nitrogens with zero attached hydrogens (tertiary/aromatic N) is 2. The molecule has 2 heterocycles. The summed E-state index contributed by atoms with van der Waals surface area (Å²) in [7, 11) is 1.70. The van der Waals surface area contributed by atoms with Crippen LogP contribution in [0.3, 0.4) is 0 Å². The van der Waals surface area contributed by atoms with Gasteiger partial charge >= 0.3 is 0 Å². The summed E-state index contributed by atoms with van der Waals surface area (Å²) in [4.78, 5) is 25.0. The van der Waals surface area contributed by atoms with Crippen molar-refractivity contribution in [3.63, 3.8) is 0 Å². The first-order valence-electron chi connectivity index (χ1n) is 9.39. The number of anilines is 1.